The molecule has 1 amide bonds. The van der Waals surface area contributed by atoms with Crippen LogP contribution in [-0.4, -0.2) is 43.0 Å². The van der Waals surface area contributed by atoms with Gasteiger partial charge in [0.05, 0.1) is 11.1 Å². The lowest BCUT2D eigenvalue weighted by molar-refractivity contribution is -0.118. The minimum atomic E-state index is -0.357. The number of thiazole rings is 1. The normalized spacial score (nSPS) is 11.1. The largest absolute Gasteiger partial charge is 0.309 e. The van der Waals surface area contributed by atoms with Crippen LogP contribution in [0.5, 0.6) is 0 Å². The molecular formula is C24H25ClFN3OS. The van der Waals surface area contributed by atoms with E-state index < -0.39 is 0 Å². The second-order valence-corrected chi connectivity index (χ2v) is 8.61. The van der Waals surface area contributed by atoms with Crippen LogP contribution in [0.25, 0.3) is 21.0 Å². The Morgan fingerprint density at radius 3 is 2.52 bits per heavy atom. The first-order chi connectivity index (χ1) is 14.5. The fourth-order valence-electron chi connectivity index (χ4n) is 3.60. The Labute approximate surface area is 191 Å². The summed E-state index contributed by atoms with van der Waals surface area (Å²) in [5.74, 6) is -0.380. The van der Waals surface area contributed by atoms with Gasteiger partial charge in [0.15, 0.2) is 5.13 Å². The highest BCUT2D eigenvalue weighted by atomic mass is 35.5. The number of para-hydroxylation sites is 1. The monoisotopic (exact) mass is 457 g/mol. The van der Waals surface area contributed by atoms with Crippen LogP contribution in [-0.2, 0) is 11.2 Å². The highest BCUT2D eigenvalue weighted by Gasteiger charge is 2.21. The van der Waals surface area contributed by atoms with E-state index >= 15 is 0 Å². The van der Waals surface area contributed by atoms with E-state index in [4.69, 9.17) is 0 Å². The average molecular weight is 458 g/mol. The van der Waals surface area contributed by atoms with E-state index in [9.17, 15) is 9.18 Å². The number of rotatable bonds is 7. The zero-order valence-corrected chi connectivity index (χ0v) is 19.2. The molecule has 1 heterocycles. The van der Waals surface area contributed by atoms with Gasteiger partial charge in [0, 0.05) is 6.54 Å². The van der Waals surface area contributed by atoms with Gasteiger partial charge in [0.25, 0.3) is 0 Å². The van der Waals surface area contributed by atoms with Crippen LogP contribution < -0.4 is 4.90 Å². The smallest absolute Gasteiger partial charge is 0.233 e. The van der Waals surface area contributed by atoms with Crippen LogP contribution in [0.4, 0.5) is 9.52 Å². The number of amides is 1. The number of hydrogen-bond donors (Lipinski definition) is 0. The fraction of sp³-hybridized carbons (Fsp3) is 0.250. The molecule has 0 unspecified atom stereocenters. The van der Waals surface area contributed by atoms with E-state index in [0.29, 0.717) is 17.2 Å². The third kappa shape index (κ3) is 5.21. The molecule has 0 radical (unpaired) electrons. The molecule has 0 atom stereocenters. The van der Waals surface area contributed by atoms with Crippen molar-refractivity contribution >= 4 is 55.8 Å². The summed E-state index contributed by atoms with van der Waals surface area (Å²) in [7, 11) is 4.02. The molecule has 4 nitrogen and oxygen atoms in total. The van der Waals surface area contributed by atoms with Gasteiger partial charge in [0.2, 0.25) is 5.91 Å². The van der Waals surface area contributed by atoms with Gasteiger partial charge in [-0.1, -0.05) is 59.9 Å². The number of fused-ring (bicyclic) bond motifs is 2. The van der Waals surface area contributed by atoms with E-state index in [-0.39, 0.29) is 30.6 Å². The van der Waals surface area contributed by atoms with Crippen molar-refractivity contribution in [1.29, 1.82) is 0 Å². The van der Waals surface area contributed by atoms with Crippen LogP contribution in [0.3, 0.4) is 0 Å². The highest BCUT2D eigenvalue weighted by Crippen LogP contribution is 2.31. The average Bonchev–Trinajstić information content (AvgIpc) is 3.16. The lowest BCUT2D eigenvalue weighted by Gasteiger charge is -2.21. The summed E-state index contributed by atoms with van der Waals surface area (Å²) in [6.45, 7) is 1.40. The molecule has 0 N–H and O–H groups in total. The molecule has 162 valence electrons. The predicted octanol–water partition coefficient (Wildman–Crippen LogP) is 5.54. The SMILES string of the molecule is CN(C)CCCN(C(=O)Cc1cccc2ccccc12)c1nc2c(F)cccc2s1.Cl. The lowest BCUT2D eigenvalue weighted by Crippen LogP contribution is -2.34. The second kappa shape index (κ2) is 10.2. The van der Waals surface area contributed by atoms with Crippen LogP contribution in [0.2, 0.25) is 0 Å². The Bertz CT molecular complexity index is 1190. The summed E-state index contributed by atoms with van der Waals surface area (Å²) >= 11 is 1.36. The molecular weight excluding hydrogens is 433 g/mol. The van der Waals surface area contributed by atoms with Crippen molar-refractivity contribution in [2.75, 3.05) is 32.1 Å². The van der Waals surface area contributed by atoms with Crippen molar-refractivity contribution in [2.45, 2.75) is 12.8 Å². The Balaban J connectivity index is 0.00000272. The number of hydrogen-bond acceptors (Lipinski definition) is 4. The summed E-state index contributed by atoms with van der Waals surface area (Å²) in [6, 6.07) is 19.0. The number of anilines is 1. The van der Waals surface area contributed by atoms with Crippen molar-refractivity contribution in [3.63, 3.8) is 0 Å². The molecule has 0 aliphatic rings. The van der Waals surface area contributed by atoms with Gasteiger partial charge in [-0.3, -0.25) is 9.69 Å². The predicted molar refractivity (Wildman–Crippen MR) is 130 cm³/mol. The number of halogens is 2. The van der Waals surface area contributed by atoms with Gasteiger partial charge in [-0.05, 0) is 55.5 Å². The van der Waals surface area contributed by atoms with E-state index in [1.165, 1.54) is 17.4 Å². The van der Waals surface area contributed by atoms with E-state index in [1.54, 1.807) is 11.0 Å². The Kier molecular flexibility index (Phi) is 7.59. The maximum absolute atomic E-state index is 14.2. The minimum absolute atomic E-state index is 0. The standard InChI is InChI=1S/C24H24FN3OS.ClH/c1-27(2)14-7-15-28(24-26-23-20(25)12-6-13-21(23)30-24)22(29)16-18-10-5-9-17-8-3-4-11-19(17)18;/h3-6,8-13H,7,14-16H2,1-2H3;1H. The third-order valence-electron chi connectivity index (χ3n) is 5.10. The zero-order valence-electron chi connectivity index (χ0n) is 17.5. The Hall–Kier alpha value is -2.54. The van der Waals surface area contributed by atoms with Crippen molar-refractivity contribution in [3.05, 3.63) is 72.0 Å². The first kappa shape index (κ1) is 23.1. The topological polar surface area (TPSA) is 36.4 Å². The molecule has 0 spiro atoms. The zero-order chi connectivity index (χ0) is 21.1. The molecule has 4 rings (SSSR count). The van der Waals surface area contributed by atoms with Crippen molar-refractivity contribution in [3.8, 4) is 0 Å². The molecule has 1 aromatic heterocycles. The summed E-state index contributed by atoms with van der Waals surface area (Å²) in [6.07, 6.45) is 1.09. The van der Waals surface area contributed by atoms with Crippen LogP contribution in [0.15, 0.2) is 60.7 Å². The lowest BCUT2D eigenvalue weighted by atomic mass is 10.0. The third-order valence-corrected chi connectivity index (χ3v) is 6.14. The molecule has 0 aliphatic heterocycles. The van der Waals surface area contributed by atoms with Gasteiger partial charge in [-0.15, -0.1) is 12.4 Å². The molecule has 31 heavy (non-hydrogen) atoms. The minimum Gasteiger partial charge on any atom is -0.309 e. The quantitative estimate of drug-likeness (QED) is 0.365. The molecule has 4 aromatic rings. The summed E-state index contributed by atoms with van der Waals surface area (Å²) in [5, 5.41) is 2.75. The van der Waals surface area contributed by atoms with Crippen molar-refractivity contribution in [1.82, 2.24) is 9.88 Å². The van der Waals surface area contributed by atoms with Crippen LogP contribution in [0.1, 0.15) is 12.0 Å². The molecule has 0 fully saturated rings. The van der Waals surface area contributed by atoms with Crippen molar-refractivity contribution < 1.29 is 9.18 Å². The van der Waals surface area contributed by atoms with E-state index in [1.807, 2.05) is 50.5 Å². The number of nitrogens with zero attached hydrogens (tertiary/aromatic N) is 3. The molecule has 0 aliphatic carbocycles. The maximum Gasteiger partial charge on any atom is 0.233 e. The van der Waals surface area contributed by atoms with Gasteiger partial charge in [-0.2, -0.15) is 0 Å². The molecule has 3 aromatic carbocycles. The fourth-order valence-corrected chi connectivity index (χ4v) is 4.62. The van der Waals surface area contributed by atoms with E-state index in [0.717, 1.165) is 34.0 Å². The van der Waals surface area contributed by atoms with Gasteiger partial charge < -0.3 is 4.90 Å². The number of benzene rings is 3. The molecule has 0 saturated heterocycles. The Morgan fingerprint density at radius 1 is 1.00 bits per heavy atom. The van der Waals surface area contributed by atoms with Gasteiger partial charge in [-0.25, -0.2) is 9.37 Å². The first-order valence-electron chi connectivity index (χ1n) is 10.00. The highest BCUT2D eigenvalue weighted by molar-refractivity contribution is 7.22. The number of aromatic nitrogens is 1. The summed E-state index contributed by atoms with van der Waals surface area (Å²) in [5.41, 5.74) is 1.32. The number of carbonyl (C=O) groups excluding carboxylic acids is 1. The van der Waals surface area contributed by atoms with E-state index in [2.05, 4.69) is 22.0 Å². The molecule has 0 saturated carbocycles. The van der Waals surface area contributed by atoms with Gasteiger partial charge in [0.1, 0.15) is 11.3 Å². The van der Waals surface area contributed by atoms with Crippen LogP contribution >= 0.6 is 23.7 Å². The second-order valence-electron chi connectivity index (χ2n) is 7.60. The molecule has 7 heteroatoms. The van der Waals surface area contributed by atoms with Crippen molar-refractivity contribution in [2.24, 2.45) is 0 Å². The maximum atomic E-state index is 14.2. The Morgan fingerprint density at radius 2 is 1.74 bits per heavy atom. The van der Waals surface area contributed by atoms with Crippen LogP contribution in [0, 0.1) is 5.82 Å². The van der Waals surface area contributed by atoms with Gasteiger partial charge >= 0.3 is 0 Å². The number of carbonyl (C=O) groups is 1. The summed E-state index contributed by atoms with van der Waals surface area (Å²) in [4.78, 5) is 21.7. The first-order valence-corrected chi connectivity index (χ1v) is 10.8. The molecule has 0 bridgehead atoms. The summed E-state index contributed by atoms with van der Waals surface area (Å²) < 4.78 is 14.9.